The largest absolute Gasteiger partial charge is 0.311 e. The number of nitrogens with one attached hydrogen (secondary N) is 1. The van der Waals surface area contributed by atoms with Crippen LogP contribution in [0.4, 0.5) is 0 Å². The molecule has 2 nitrogen and oxygen atoms in total. The van der Waals surface area contributed by atoms with Gasteiger partial charge in [0.05, 0.1) is 0 Å². The zero-order valence-electron chi connectivity index (χ0n) is 12.6. The van der Waals surface area contributed by atoms with Gasteiger partial charge in [-0.05, 0) is 31.1 Å². The summed E-state index contributed by atoms with van der Waals surface area (Å²) in [7, 11) is 0. The molecule has 0 amide bonds. The van der Waals surface area contributed by atoms with Crippen LogP contribution in [0.3, 0.4) is 0 Å². The minimum atomic E-state index is 0.726. The van der Waals surface area contributed by atoms with Crippen LogP contribution in [-0.4, -0.2) is 36.6 Å². The molecule has 0 radical (unpaired) electrons. The van der Waals surface area contributed by atoms with E-state index in [-0.39, 0.29) is 0 Å². The average molecular weight is 252 g/mol. The van der Waals surface area contributed by atoms with Crippen LogP contribution in [0.5, 0.6) is 0 Å². The second kappa shape index (κ2) is 6.91. The number of nitrogens with zero attached hydrogens (tertiary/aromatic N) is 1. The van der Waals surface area contributed by atoms with Gasteiger partial charge in [0.2, 0.25) is 0 Å². The highest BCUT2D eigenvalue weighted by Crippen LogP contribution is 2.30. The molecule has 2 rings (SSSR count). The molecule has 0 aromatic carbocycles. The van der Waals surface area contributed by atoms with Crippen molar-refractivity contribution >= 4 is 0 Å². The third-order valence-electron chi connectivity index (χ3n) is 4.83. The normalized spacial score (nSPS) is 32.0. The van der Waals surface area contributed by atoms with E-state index in [1.54, 1.807) is 0 Å². The van der Waals surface area contributed by atoms with Crippen molar-refractivity contribution in [3.8, 4) is 0 Å². The van der Waals surface area contributed by atoms with Crippen LogP contribution < -0.4 is 5.32 Å². The van der Waals surface area contributed by atoms with Crippen molar-refractivity contribution in [1.29, 1.82) is 0 Å². The van der Waals surface area contributed by atoms with E-state index in [9.17, 15) is 0 Å². The number of hydrogen-bond donors (Lipinski definition) is 1. The molecule has 1 aliphatic heterocycles. The molecule has 1 saturated carbocycles. The van der Waals surface area contributed by atoms with Crippen molar-refractivity contribution in [3.05, 3.63) is 0 Å². The molecule has 1 aliphatic carbocycles. The van der Waals surface area contributed by atoms with E-state index in [1.807, 2.05) is 0 Å². The standard InChI is InChI=1S/C16H32N2/c1-4-15-12-18(11-13(2)3)16(10-17-15)14-8-6-5-7-9-14/h13-17H,4-12H2,1-3H3. The first-order valence-corrected chi connectivity index (χ1v) is 8.18. The van der Waals surface area contributed by atoms with Crippen LogP contribution >= 0.6 is 0 Å². The Hall–Kier alpha value is -0.0800. The van der Waals surface area contributed by atoms with Gasteiger partial charge in [0.15, 0.2) is 0 Å². The molecule has 18 heavy (non-hydrogen) atoms. The third-order valence-corrected chi connectivity index (χ3v) is 4.83. The van der Waals surface area contributed by atoms with Gasteiger partial charge in [-0.25, -0.2) is 0 Å². The van der Waals surface area contributed by atoms with Gasteiger partial charge in [-0.2, -0.15) is 0 Å². The Morgan fingerprint density at radius 2 is 1.89 bits per heavy atom. The maximum absolute atomic E-state index is 3.78. The lowest BCUT2D eigenvalue weighted by Crippen LogP contribution is -2.59. The van der Waals surface area contributed by atoms with Gasteiger partial charge in [-0.3, -0.25) is 4.90 Å². The Balaban J connectivity index is 1.96. The Morgan fingerprint density at radius 1 is 1.17 bits per heavy atom. The highest BCUT2D eigenvalue weighted by atomic mass is 15.2. The lowest BCUT2D eigenvalue weighted by Gasteiger charge is -2.45. The summed E-state index contributed by atoms with van der Waals surface area (Å²) in [5, 5.41) is 3.78. The second-order valence-corrected chi connectivity index (χ2v) is 6.83. The SMILES string of the molecule is CCC1CN(CC(C)C)C(C2CCCCC2)CN1. The monoisotopic (exact) mass is 252 g/mol. The van der Waals surface area contributed by atoms with Gasteiger partial charge in [0.1, 0.15) is 0 Å². The summed E-state index contributed by atoms with van der Waals surface area (Å²) in [6.45, 7) is 10.8. The van der Waals surface area contributed by atoms with Gasteiger partial charge < -0.3 is 5.32 Å². The molecule has 1 saturated heterocycles. The summed E-state index contributed by atoms with van der Waals surface area (Å²) < 4.78 is 0. The van der Waals surface area contributed by atoms with Crippen LogP contribution in [0.25, 0.3) is 0 Å². The molecule has 2 atom stereocenters. The van der Waals surface area contributed by atoms with Crippen LogP contribution in [0.1, 0.15) is 59.3 Å². The van der Waals surface area contributed by atoms with E-state index in [4.69, 9.17) is 0 Å². The maximum atomic E-state index is 3.78. The Labute approximate surface area is 114 Å². The quantitative estimate of drug-likeness (QED) is 0.826. The number of rotatable bonds is 4. The van der Waals surface area contributed by atoms with Crippen molar-refractivity contribution < 1.29 is 0 Å². The summed E-state index contributed by atoms with van der Waals surface area (Å²) in [4.78, 5) is 2.81. The number of piperazine rings is 1. The Morgan fingerprint density at radius 3 is 2.50 bits per heavy atom. The topological polar surface area (TPSA) is 15.3 Å². The molecule has 2 aliphatic rings. The number of hydrogen-bond acceptors (Lipinski definition) is 2. The lowest BCUT2D eigenvalue weighted by atomic mass is 9.82. The lowest BCUT2D eigenvalue weighted by molar-refractivity contribution is 0.0613. The van der Waals surface area contributed by atoms with E-state index in [1.165, 1.54) is 58.2 Å². The molecule has 2 heteroatoms. The molecule has 0 bridgehead atoms. The molecular formula is C16H32N2. The fourth-order valence-corrected chi connectivity index (χ4v) is 3.84. The van der Waals surface area contributed by atoms with E-state index in [0.717, 1.165) is 23.9 Å². The minimum absolute atomic E-state index is 0.726. The first kappa shape index (κ1) is 14.3. The summed E-state index contributed by atoms with van der Waals surface area (Å²) in [6.07, 6.45) is 8.61. The average Bonchev–Trinajstić information content (AvgIpc) is 2.39. The van der Waals surface area contributed by atoms with Crippen LogP contribution in [0, 0.1) is 11.8 Å². The fraction of sp³-hybridized carbons (Fsp3) is 1.00. The van der Waals surface area contributed by atoms with E-state index < -0.39 is 0 Å². The molecule has 2 unspecified atom stereocenters. The maximum Gasteiger partial charge on any atom is 0.0249 e. The second-order valence-electron chi connectivity index (χ2n) is 6.83. The highest BCUT2D eigenvalue weighted by Gasteiger charge is 2.33. The first-order valence-electron chi connectivity index (χ1n) is 8.18. The highest BCUT2D eigenvalue weighted by molar-refractivity contribution is 4.90. The van der Waals surface area contributed by atoms with Gasteiger partial charge in [0, 0.05) is 31.7 Å². The van der Waals surface area contributed by atoms with Crippen molar-refractivity contribution in [2.24, 2.45) is 11.8 Å². The summed E-state index contributed by atoms with van der Waals surface area (Å²) in [5.74, 6) is 1.76. The van der Waals surface area contributed by atoms with Crippen LogP contribution in [0.2, 0.25) is 0 Å². The Kier molecular flexibility index (Phi) is 5.50. The van der Waals surface area contributed by atoms with E-state index in [2.05, 4.69) is 31.0 Å². The van der Waals surface area contributed by atoms with E-state index >= 15 is 0 Å². The first-order chi connectivity index (χ1) is 8.70. The summed E-state index contributed by atoms with van der Waals surface area (Å²) >= 11 is 0. The molecule has 1 heterocycles. The fourth-order valence-electron chi connectivity index (χ4n) is 3.84. The molecular weight excluding hydrogens is 220 g/mol. The molecule has 2 fully saturated rings. The molecule has 0 spiro atoms. The molecule has 0 aromatic heterocycles. The molecule has 1 N–H and O–H groups in total. The van der Waals surface area contributed by atoms with Gasteiger partial charge in [0.25, 0.3) is 0 Å². The smallest absolute Gasteiger partial charge is 0.0249 e. The van der Waals surface area contributed by atoms with Gasteiger partial charge >= 0.3 is 0 Å². The van der Waals surface area contributed by atoms with Gasteiger partial charge in [-0.15, -0.1) is 0 Å². The summed E-state index contributed by atoms with van der Waals surface area (Å²) in [6, 6.07) is 1.54. The van der Waals surface area contributed by atoms with Crippen LogP contribution in [-0.2, 0) is 0 Å². The predicted octanol–water partition coefficient (Wildman–Crippen LogP) is 3.28. The van der Waals surface area contributed by atoms with Crippen molar-refractivity contribution in [2.75, 3.05) is 19.6 Å². The van der Waals surface area contributed by atoms with E-state index in [0.29, 0.717) is 0 Å². The minimum Gasteiger partial charge on any atom is -0.311 e. The van der Waals surface area contributed by atoms with Crippen LogP contribution in [0.15, 0.2) is 0 Å². The molecule has 106 valence electrons. The van der Waals surface area contributed by atoms with Crippen molar-refractivity contribution in [3.63, 3.8) is 0 Å². The zero-order chi connectivity index (χ0) is 13.0. The zero-order valence-corrected chi connectivity index (χ0v) is 12.6. The summed E-state index contributed by atoms with van der Waals surface area (Å²) in [5.41, 5.74) is 0. The van der Waals surface area contributed by atoms with Gasteiger partial charge in [-0.1, -0.05) is 40.0 Å². The Bertz CT molecular complexity index is 233. The predicted molar refractivity (Wildman–Crippen MR) is 78.9 cm³/mol. The third kappa shape index (κ3) is 3.71. The van der Waals surface area contributed by atoms with Crippen molar-refractivity contribution in [2.45, 2.75) is 71.4 Å². The van der Waals surface area contributed by atoms with Crippen molar-refractivity contribution in [1.82, 2.24) is 10.2 Å². The molecule has 0 aromatic rings.